The van der Waals surface area contributed by atoms with Crippen molar-refractivity contribution in [2.24, 2.45) is 0 Å². The first-order valence-corrected chi connectivity index (χ1v) is 7.15. The maximum Gasteiger partial charge on any atom is 0.270 e. The molecule has 1 amide bonds. The molecule has 2 heterocycles. The van der Waals surface area contributed by atoms with Crippen LogP contribution in [-0.2, 0) is 6.54 Å². The van der Waals surface area contributed by atoms with Crippen LogP contribution in [0.25, 0.3) is 0 Å². The predicted molar refractivity (Wildman–Crippen MR) is 86.3 cm³/mol. The molecule has 0 atom stereocenters. The molecule has 0 saturated heterocycles. The van der Waals surface area contributed by atoms with Gasteiger partial charge in [-0.1, -0.05) is 12.1 Å². The summed E-state index contributed by atoms with van der Waals surface area (Å²) in [7, 11) is 0. The summed E-state index contributed by atoms with van der Waals surface area (Å²) in [6.07, 6.45) is 2.83. The van der Waals surface area contributed by atoms with Crippen LogP contribution in [-0.4, -0.2) is 15.9 Å². The molecule has 24 heavy (non-hydrogen) atoms. The molecule has 3 rings (SSSR count). The van der Waals surface area contributed by atoms with Crippen molar-refractivity contribution < 1.29 is 9.21 Å². The lowest BCUT2D eigenvalue weighted by Crippen LogP contribution is -2.23. The van der Waals surface area contributed by atoms with Crippen molar-refractivity contribution in [3.05, 3.63) is 72.1 Å². The Hall–Kier alpha value is -3.66. The number of nitriles is 1. The molecule has 0 aliphatic rings. The summed E-state index contributed by atoms with van der Waals surface area (Å²) < 4.78 is 5.16. The van der Waals surface area contributed by atoms with Crippen LogP contribution in [0.5, 0.6) is 0 Å². The van der Waals surface area contributed by atoms with E-state index >= 15 is 0 Å². The van der Waals surface area contributed by atoms with Crippen LogP contribution >= 0.6 is 0 Å². The summed E-state index contributed by atoms with van der Waals surface area (Å²) >= 11 is 0. The van der Waals surface area contributed by atoms with Gasteiger partial charge in [-0.05, 0) is 24.3 Å². The van der Waals surface area contributed by atoms with Crippen molar-refractivity contribution >= 4 is 17.4 Å². The number of anilines is 2. The SMILES string of the molecule is N#Cc1ccccc1Nc1cc(C(=O)NCc2ccco2)ncn1. The third-order valence-corrected chi connectivity index (χ3v) is 3.21. The topological polar surface area (TPSA) is 104 Å². The van der Waals surface area contributed by atoms with Crippen LogP contribution in [0, 0.1) is 11.3 Å². The molecular weight excluding hydrogens is 306 g/mol. The molecular formula is C17H13N5O2. The first kappa shape index (κ1) is 15.2. The third kappa shape index (κ3) is 3.56. The maximum atomic E-state index is 12.1. The van der Waals surface area contributed by atoms with Gasteiger partial charge in [-0.15, -0.1) is 0 Å². The number of furan rings is 1. The molecule has 0 spiro atoms. The van der Waals surface area contributed by atoms with Gasteiger partial charge in [0.15, 0.2) is 0 Å². The largest absolute Gasteiger partial charge is 0.467 e. The first-order valence-electron chi connectivity index (χ1n) is 7.15. The lowest BCUT2D eigenvalue weighted by Gasteiger charge is -2.08. The minimum Gasteiger partial charge on any atom is -0.467 e. The lowest BCUT2D eigenvalue weighted by molar-refractivity contribution is 0.0943. The van der Waals surface area contributed by atoms with E-state index in [1.165, 1.54) is 12.4 Å². The van der Waals surface area contributed by atoms with E-state index in [0.29, 0.717) is 22.8 Å². The average molecular weight is 319 g/mol. The Morgan fingerprint density at radius 3 is 2.88 bits per heavy atom. The smallest absolute Gasteiger partial charge is 0.270 e. The molecule has 3 aromatic rings. The molecule has 7 heteroatoms. The van der Waals surface area contributed by atoms with Crippen LogP contribution < -0.4 is 10.6 Å². The molecule has 2 aromatic heterocycles. The third-order valence-electron chi connectivity index (χ3n) is 3.21. The molecule has 118 valence electrons. The minimum atomic E-state index is -0.342. The molecule has 0 aliphatic heterocycles. The van der Waals surface area contributed by atoms with Crippen molar-refractivity contribution in [3.63, 3.8) is 0 Å². The standard InChI is InChI=1S/C17H13N5O2/c18-9-12-4-1-2-6-14(12)22-16-8-15(20-11-21-16)17(23)19-10-13-5-3-7-24-13/h1-8,11H,10H2,(H,19,23)(H,20,21,22). The number of hydrogen-bond donors (Lipinski definition) is 2. The van der Waals surface area contributed by atoms with E-state index < -0.39 is 0 Å². The summed E-state index contributed by atoms with van der Waals surface area (Å²) in [5.41, 5.74) is 1.31. The van der Waals surface area contributed by atoms with Gasteiger partial charge in [-0.3, -0.25) is 4.79 Å². The van der Waals surface area contributed by atoms with Gasteiger partial charge in [0.25, 0.3) is 5.91 Å². The van der Waals surface area contributed by atoms with Crippen molar-refractivity contribution in [1.29, 1.82) is 5.26 Å². The predicted octanol–water partition coefficient (Wildman–Crippen LogP) is 2.61. The lowest BCUT2D eigenvalue weighted by atomic mass is 10.2. The zero-order valence-corrected chi connectivity index (χ0v) is 12.6. The molecule has 2 N–H and O–H groups in total. The normalized spacial score (nSPS) is 9.96. The number of carbonyl (C=O) groups is 1. The van der Waals surface area contributed by atoms with E-state index in [1.54, 1.807) is 42.7 Å². The highest BCUT2D eigenvalue weighted by atomic mass is 16.3. The Morgan fingerprint density at radius 1 is 1.21 bits per heavy atom. The van der Waals surface area contributed by atoms with E-state index in [2.05, 4.69) is 26.7 Å². The summed E-state index contributed by atoms with van der Waals surface area (Å²) in [6.45, 7) is 0.274. The van der Waals surface area contributed by atoms with Crippen LogP contribution in [0.2, 0.25) is 0 Å². The van der Waals surface area contributed by atoms with E-state index in [4.69, 9.17) is 9.68 Å². The number of amides is 1. The van der Waals surface area contributed by atoms with Crippen LogP contribution in [0.1, 0.15) is 21.8 Å². The zero-order valence-electron chi connectivity index (χ0n) is 12.6. The number of rotatable bonds is 5. The molecule has 0 fully saturated rings. The Labute approximate surface area is 138 Å². The summed E-state index contributed by atoms with van der Waals surface area (Å²) in [5, 5.41) is 14.8. The van der Waals surface area contributed by atoms with Gasteiger partial charge in [0.2, 0.25) is 0 Å². The Balaban J connectivity index is 1.72. The summed E-state index contributed by atoms with van der Waals surface area (Å²) in [5.74, 6) is 0.736. The number of nitrogens with zero attached hydrogens (tertiary/aromatic N) is 3. The minimum absolute atomic E-state index is 0.216. The fourth-order valence-corrected chi connectivity index (χ4v) is 2.05. The number of aromatic nitrogens is 2. The average Bonchev–Trinajstić information content (AvgIpc) is 3.14. The van der Waals surface area contributed by atoms with Crippen molar-refractivity contribution in [2.45, 2.75) is 6.54 Å². The van der Waals surface area contributed by atoms with E-state index in [9.17, 15) is 4.79 Å². The molecule has 0 saturated carbocycles. The van der Waals surface area contributed by atoms with Gasteiger partial charge in [0, 0.05) is 6.07 Å². The Bertz CT molecular complexity index is 884. The van der Waals surface area contributed by atoms with Gasteiger partial charge in [-0.2, -0.15) is 5.26 Å². The molecule has 0 radical (unpaired) electrons. The van der Waals surface area contributed by atoms with E-state index in [1.807, 2.05) is 0 Å². The Kier molecular flexibility index (Phi) is 4.49. The van der Waals surface area contributed by atoms with Gasteiger partial charge in [0.1, 0.15) is 29.7 Å². The second-order valence-corrected chi connectivity index (χ2v) is 4.83. The van der Waals surface area contributed by atoms with Gasteiger partial charge < -0.3 is 15.1 Å². The van der Waals surface area contributed by atoms with E-state index in [0.717, 1.165) is 0 Å². The highest BCUT2D eigenvalue weighted by Gasteiger charge is 2.10. The second kappa shape index (κ2) is 7.07. The van der Waals surface area contributed by atoms with Crippen molar-refractivity contribution in [3.8, 4) is 6.07 Å². The second-order valence-electron chi connectivity index (χ2n) is 4.83. The zero-order chi connectivity index (χ0) is 16.8. The molecule has 7 nitrogen and oxygen atoms in total. The van der Waals surface area contributed by atoms with E-state index in [-0.39, 0.29) is 18.1 Å². The number of nitrogens with one attached hydrogen (secondary N) is 2. The fraction of sp³-hybridized carbons (Fsp3) is 0.0588. The Morgan fingerprint density at radius 2 is 2.08 bits per heavy atom. The maximum absolute atomic E-state index is 12.1. The number of benzene rings is 1. The fourth-order valence-electron chi connectivity index (χ4n) is 2.05. The highest BCUT2D eigenvalue weighted by Crippen LogP contribution is 2.18. The van der Waals surface area contributed by atoms with Crippen LogP contribution in [0.15, 0.2) is 59.5 Å². The number of hydrogen-bond acceptors (Lipinski definition) is 6. The number of carbonyl (C=O) groups excluding carboxylic acids is 1. The molecule has 0 aliphatic carbocycles. The van der Waals surface area contributed by atoms with Gasteiger partial charge >= 0.3 is 0 Å². The summed E-state index contributed by atoms with van der Waals surface area (Å²) in [6, 6.07) is 14.2. The molecule has 1 aromatic carbocycles. The number of para-hydroxylation sites is 1. The van der Waals surface area contributed by atoms with Crippen molar-refractivity contribution in [1.82, 2.24) is 15.3 Å². The van der Waals surface area contributed by atoms with Crippen LogP contribution in [0.3, 0.4) is 0 Å². The van der Waals surface area contributed by atoms with Gasteiger partial charge in [-0.25, -0.2) is 9.97 Å². The summed E-state index contributed by atoms with van der Waals surface area (Å²) in [4.78, 5) is 20.2. The quantitative estimate of drug-likeness (QED) is 0.749. The molecule has 0 bridgehead atoms. The monoisotopic (exact) mass is 319 g/mol. The van der Waals surface area contributed by atoms with Gasteiger partial charge in [0.05, 0.1) is 24.1 Å². The van der Waals surface area contributed by atoms with Crippen molar-refractivity contribution in [2.75, 3.05) is 5.32 Å². The molecule has 0 unspecified atom stereocenters. The first-order chi connectivity index (χ1) is 11.8. The van der Waals surface area contributed by atoms with Crippen LogP contribution in [0.4, 0.5) is 11.5 Å². The highest BCUT2D eigenvalue weighted by molar-refractivity contribution is 5.92.